The van der Waals surface area contributed by atoms with Crippen LogP contribution in [0.25, 0.3) is 22.3 Å². The molecular weight excluding hydrogens is 497 g/mol. The maximum Gasteiger partial charge on any atom is 0.167 e. The third kappa shape index (κ3) is 7.66. The molecule has 0 bridgehead atoms. The highest BCUT2D eigenvalue weighted by Crippen LogP contribution is 2.29. The van der Waals surface area contributed by atoms with Gasteiger partial charge < -0.3 is 9.47 Å². The molecule has 4 aromatic rings. The van der Waals surface area contributed by atoms with Gasteiger partial charge in [0.05, 0.1) is 6.61 Å². The molecule has 204 valence electrons. The Labute approximate surface area is 229 Å². The Kier molecular flexibility index (Phi) is 10.1. The molecule has 0 heterocycles. The summed E-state index contributed by atoms with van der Waals surface area (Å²) in [6.45, 7) is 4.52. The molecule has 39 heavy (non-hydrogen) atoms. The minimum atomic E-state index is -0.918. The first-order chi connectivity index (χ1) is 19.0. The lowest BCUT2D eigenvalue weighted by atomic mass is 10.0. The van der Waals surface area contributed by atoms with Crippen LogP contribution >= 0.6 is 0 Å². The van der Waals surface area contributed by atoms with E-state index < -0.39 is 17.5 Å². The Balaban J connectivity index is 1.32. The molecule has 0 saturated heterocycles. The number of unbranched alkanes of at least 4 members (excludes halogenated alkanes) is 5. The maximum atomic E-state index is 14.7. The zero-order valence-electron chi connectivity index (χ0n) is 22.6. The van der Waals surface area contributed by atoms with E-state index in [0.717, 1.165) is 24.0 Å². The second kappa shape index (κ2) is 13.9. The van der Waals surface area contributed by atoms with Crippen LogP contribution in [0, 0.1) is 24.4 Å². The summed E-state index contributed by atoms with van der Waals surface area (Å²) in [7, 11) is 0. The smallest absolute Gasteiger partial charge is 0.167 e. The zero-order valence-corrected chi connectivity index (χ0v) is 22.6. The first kappa shape index (κ1) is 28.3. The molecule has 4 aromatic carbocycles. The van der Waals surface area contributed by atoms with Crippen LogP contribution in [0.4, 0.5) is 13.2 Å². The van der Waals surface area contributed by atoms with Crippen molar-refractivity contribution in [2.24, 2.45) is 0 Å². The molecule has 0 atom stereocenters. The van der Waals surface area contributed by atoms with Gasteiger partial charge in [-0.25, -0.2) is 13.2 Å². The van der Waals surface area contributed by atoms with Crippen LogP contribution in [0.15, 0.2) is 78.9 Å². The topological polar surface area (TPSA) is 18.5 Å². The molecule has 5 heteroatoms. The number of rotatable bonds is 13. The number of benzene rings is 4. The average Bonchev–Trinajstić information content (AvgIpc) is 2.95. The number of aryl methyl sites for hydroxylation is 1. The molecule has 0 aliphatic rings. The third-order valence-corrected chi connectivity index (χ3v) is 6.79. The van der Waals surface area contributed by atoms with E-state index in [1.54, 1.807) is 54.6 Å². The summed E-state index contributed by atoms with van der Waals surface area (Å²) in [5, 5.41) is 0. The fraction of sp³-hybridized carbons (Fsp3) is 0.294. The molecule has 0 aliphatic carbocycles. The van der Waals surface area contributed by atoms with E-state index in [1.165, 1.54) is 31.7 Å². The Hall–Kier alpha value is -3.73. The highest BCUT2D eigenvalue weighted by molar-refractivity contribution is 5.66. The molecular formula is C34H35F3O2. The first-order valence-corrected chi connectivity index (χ1v) is 13.7. The second-order valence-corrected chi connectivity index (χ2v) is 9.84. The molecule has 4 rings (SSSR count). The number of hydrogen-bond donors (Lipinski definition) is 0. The Bertz CT molecular complexity index is 1350. The molecule has 0 radical (unpaired) electrons. The minimum Gasteiger partial charge on any atom is -0.491 e. The van der Waals surface area contributed by atoms with Gasteiger partial charge in [-0.05, 0) is 54.3 Å². The van der Waals surface area contributed by atoms with Gasteiger partial charge in [0.2, 0.25) is 0 Å². The van der Waals surface area contributed by atoms with Crippen LogP contribution < -0.4 is 9.47 Å². The molecule has 0 saturated carbocycles. The van der Waals surface area contributed by atoms with Crippen molar-refractivity contribution in [1.29, 1.82) is 0 Å². The molecule has 2 nitrogen and oxygen atoms in total. The monoisotopic (exact) mass is 532 g/mol. The van der Waals surface area contributed by atoms with E-state index in [2.05, 4.69) is 6.92 Å². The van der Waals surface area contributed by atoms with Crippen molar-refractivity contribution in [2.45, 2.75) is 59.0 Å². The van der Waals surface area contributed by atoms with E-state index in [-0.39, 0.29) is 23.5 Å². The fourth-order valence-electron chi connectivity index (χ4n) is 4.42. The maximum absolute atomic E-state index is 14.7. The van der Waals surface area contributed by atoms with Gasteiger partial charge in [-0.15, -0.1) is 0 Å². The predicted molar refractivity (Wildman–Crippen MR) is 152 cm³/mol. The molecule has 0 spiro atoms. The summed E-state index contributed by atoms with van der Waals surface area (Å²) in [6, 6.07) is 22.4. The van der Waals surface area contributed by atoms with Crippen LogP contribution in [0.2, 0.25) is 0 Å². The van der Waals surface area contributed by atoms with E-state index >= 15 is 0 Å². The van der Waals surface area contributed by atoms with Gasteiger partial charge in [0.25, 0.3) is 0 Å². The number of hydrogen-bond acceptors (Lipinski definition) is 2. The van der Waals surface area contributed by atoms with Crippen LogP contribution in [-0.2, 0) is 6.61 Å². The van der Waals surface area contributed by atoms with Gasteiger partial charge in [-0.3, -0.25) is 0 Å². The van der Waals surface area contributed by atoms with Gasteiger partial charge >= 0.3 is 0 Å². The Morgan fingerprint density at radius 3 is 2.00 bits per heavy atom. The lowest BCUT2D eigenvalue weighted by molar-refractivity contribution is 0.290. The van der Waals surface area contributed by atoms with Crippen molar-refractivity contribution >= 4 is 0 Å². The van der Waals surface area contributed by atoms with Gasteiger partial charge in [-0.1, -0.05) is 99.2 Å². The van der Waals surface area contributed by atoms with Crippen molar-refractivity contribution < 1.29 is 22.6 Å². The van der Waals surface area contributed by atoms with Crippen LogP contribution in [0.1, 0.15) is 56.6 Å². The van der Waals surface area contributed by atoms with E-state index in [0.29, 0.717) is 23.5 Å². The highest BCUT2D eigenvalue weighted by Gasteiger charge is 2.15. The molecule has 0 fully saturated rings. The van der Waals surface area contributed by atoms with Gasteiger partial charge in [0.15, 0.2) is 23.2 Å². The molecule has 0 aliphatic heterocycles. The fourth-order valence-corrected chi connectivity index (χ4v) is 4.42. The number of halogens is 3. The standard InChI is InChI=1S/C34H35F3O2/c1-3-4-5-6-7-8-21-38-32-20-16-27(22-31(32)35)25-13-17-29(18-14-25)39-23-28-15-19-30(34(37)33(28)36)26-11-9-24(2)10-12-26/h9-20,22H,3-8,21,23H2,1-2H3. The summed E-state index contributed by atoms with van der Waals surface area (Å²) in [5.74, 6) is -1.45. The average molecular weight is 533 g/mol. The quantitative estimate of drug-likeness (QED) is 0.160. The minimum absolute atomic E-state index is 0.116. The lowest BCUT2D eigenvalue weighted by Crippen LogP contribution is -2.02. The summed E-state index contributed by atoms with van der Waals surface area (Å²) in [5.41, 5.74) is 3.53. The molecule has 0 unspecified atom stereocenters. The predicted octanol–water partition coefficient (Wildman–Crippen LogP) is 10.1. The van der Waals surface area contributed by atoms with Crippen molar-refractivity contribution in [2.75, 3.05) is 6.61 Å². The van der Waals surface area contributed by atoms with E-state index in [1.807, 2.05) is 25.1 Å². The van der Waals surface area contributed by atoms with Gasteiger partial charge in [0.1, 0.15) is 12.4 Å². The molecule has 0 amide bonds. The first-order valence-electron chi connectivity index (χ1n) is 13.7. The van der Waals surface area contributed by atoms with E-state index in [9.17, 15) is 13.2 Å². The van der Waals surface area contributed by atoms with Crippen LogP contribution in [0.3, 0.4) is 0 Å². The summed E-state index contributed by atoms with van der Waals surface area (Å²) in [6.07, 6.45) is 6.90. The number of ether oxygens (including phenoxy) is 2. The largest absolute Gasteiger partial charge is 0.491 e. The Morgan fingerprint density at radius 1 is 0.615 bits per heavy atom. The summed E-state index contributed by atoms with van der Waals surface area (Å²) >= 11 is 0. The summed E-state index contributed by atoms with van der Waals surface area (Å²) < 4.78 is 55.4. The SMILES string of the molecule is CCCCCCCCOc1ccc(-c2ccc(OCc3ccc(-c4ccc(C)cc4)c(F)c3F)cc2)cc1F. The molecule has 0 aromatic heterocycles. The summed E-state index contributed by atoms with van der Waals surface area (Å²) in [4.78, 5) is 0. The lowest BCUT2D eigenvalue weighted by Gasteiger charge is -2.12. The van der Waals surface area contributed by atoms with E-state index in [4.69, 9.17) is 9.47 Å². The zero-order chi connectivity index (χ0) is 27.6. The van der Waals surface area contributed by atoms with Gasteiger partial charge in [-0.2, -0.15) is 0 Å². The van der Waals surface area contributed by atoms with Crippen molar-refractivity contribution in [3.05, 3.63) is 107 Å². The van der Waals surface area contributed by atoms with Crippen molar-refractivity contribution in [1.82, 2.24) is 0 Å². The van der Waals surface area contributed by atoms with Crippen LogP contribution in [-0.4, -0.2) is 6.61 Å². The second-order valence-electron chi connectivity index (χ2n) is 9.84. The van der Waals surface area contributed by atoms with Gasteiger partial charge in [0, 0.05) is 11.1 Å². The highest BCUT2D eigenvalue weighted by atomic mass is 19.2. The Morgan fingerprint density at radius 2 is 1.28 bits per heavy atom. The normalized spacial score (nSPS) is 11.0. The molecule has 0 N–H and O–H groups in total. The third-order valence-electron chi connectivity index (χ3n) is 6.79. The van der Waals surface area contributed by atoms with Crippen molar-refractivity contribution in [3.63, 3.8) is 0 Å². The van der Waals surface area contributed by atoms with Crippen LogP contribution in [0.5, 0.6) is 11.5 Å². The van der Waals surface area contributed by atoms with Crippen molar-refractivity contribution in [3.8, 4) is 33.8 Å².